The van der Waals surface area contributed by atoms with E-state index in [-0.39, 0.29) is 98.5 Å². The van der Waals surface area contributed by atoms with Crippen molar-refractivity contribution in [1.82, 2.24) is 0 Å². The first-order valence-electron chi connectivity index (χ1n) is 43.1. The van der Waals surface area contributed by atoms with E-state index in [1.54, 1.807) is 121 Å². The molecule has 0 saturated carbocycles. The molecule has 8 aliphatic rings. The fourth-order valence-corrected chi connectivity index (χ4v) is 25.9. The first-order chi connectivity index (χ1) is 64.0. The molecule has 0 spiro atoms. The number of rotatable bonds is 8. The minimum atomic E-state index is -1.81. The van der Waals surface area contributed by atoms with Crippen LogP contribution >= 0.6 is 0 Å². The summed E-state index contributed by atoms with van der Waals surface area (Å²) in [7, 11) is 0.267. The Morgan fingerprint density at radius 1 is 0.198 bits per heavy atom. The van der Waals surface area contributed by atoms with Crippen molar-refractivity contribution in [2.24, 2.45) is 0 Å². The number of anilines is 14. The summed E-state index contributed by atoms with van der Waals surface area (Å²) >= 11 is 0.540. The van der Waals surface area contributed by atoms with Crippen molar-refractivity contribution in [1.29, 1.82) is 0 Å². The molecule has 0 unspecified atom stereocenters. The Hall–Kier alpha value is -15.9. The van der Waals surface area contributed by atoms with Crippen LogP contribution in [-0.4, -0.2) is 91.3 Å². The van der Waals surface area contributed by atoms with Gasteiger partial charge in [0.2, 0.25) is 0 Å². The predicted octanol–water partition coefficient (Wildman–Crippen LogP) is 21.6. The summed E-state index contributed by atoms with van der Waals surface area (Å²) in [6.45, 7) is 4.82. The standard InChI is InChI=1S/C30H23NO2Si.C29H20N2O2.2C28H17NO2Se/c1-34(2)27-13-7-5-11-25(27)31(26-12-6-8-14-28(26)34)21-17-15-20(16-18-21)19-24-29(32)22-9-3-4-10-23(22)30(24)33;1-30-24-10-4-6-12-26(24)31(27-13-7-5-11-25(27)30)20-16-14-19(15-17-20)18-23-28(32)21-8-2-3-9-22(21)29(23)33;2*30-27-20-7-1-2-8-21(20)28(31)22(27)17-18-13-15-19(16-14-18)29-23-9-3-5-11-25(23)32-26-12-6-4-10-24(26)29/h3-19H,1-2H3;2-18H,1H3;2*1-17H. The van der Waals surface area contributed by atoms with Gasteiger partial charge in [-0.1, -0.05) is 171 Å². The molecular formula is C115H77N5O8Se2Si. The van der Waals surface area contributed by atoms with Gasteiger partial charge < -0.3 is 14.7 Å². The first kappa shape index (κ1) is 82.1. The third kappa shape index (κ3) is 14.7. The third-order valence-corrected chi connectivity index (χ3v) is 33.2. The molecule has 0 radical (unpaired) electrons. The third-order valence-electron chi connectivity index (χ3n) is 24.9. The molecule has 0 bridgehead atoms. The Bertz CT molecular complexity index is 7100. The molecular weight excluding hydrogens is 1770 g/mol. The molecule has 16 heteroatoms. The molecule has 0 atom stereocenters. The number of nitrogens with zero attached hydrogens (tertiary/aromatic N) is 5. The maximum absolute atomic E-state index is 12.8. The number of hydrogen-bond acceptors (Lipinski definition) is 13. The van der Waals surface area contributed by atoms with E-state index < -0.39 is 8.07 Å². The zero-order valence-corrected chi connectivity index (χ0v) is 75.5. The molecule has 131 heavy (non-hydrogen) atoms. The molecule has 16 aromatic carbocycles. The van der Waals surface area contributed by atoms with Gasteiger partial charge in [-0.05, 0) is 94.3 Å². The van der Waals surface area contributed by atoms with Crippen molar-refractivity contribution >= 4 is 216 Å². The number of allylic oxidation sites excluding steroid dienone is 4. The van der Waals surface area contributed by atoms with Crippen LogP contribution in [-0.2, 0) is 0 Å². The van der Waals surface area contributed by atoms with E-state index in [1.807, 2.05) is 84.9 Å². The number of hydrogen-bond donors (Lipinski definition) is 0. The zero-order valence-electron chi connectivity index (χ0n) is 71.1. The summed E-state index contributed by atoms with van der Waals surface area (Å²) in [6, 6.07) is 128. The van der Waals surface area contributed by atoms with Crippen LogP contribution in [0.4, 0.5) is 79.6 Å². The van der Waals surface area contributed by atoms with Crippen molar-refractivity contribution in [3.63, 3.8) is 0 Å². The van der Waals surface area contributed by atoms with Gasteiger partial charge in [0.05, 0.1) is 33.9 Å². The summed E-state index contributed by atoms with van der Waals surface area (Å²) in [5.41, 5.74) is 24.0. The second-order valence-electron chi connectivity index (χ2n) is 33.0. The van der Waals surface area contributed by atoms with E-state index in [1.165, 1.54) is 62.3 Å². The van der Waals surface area contributed by atoms with E-state index in [9.17, 15) is 38.4 Å². The maximum atomic E-state index is 12.8. The second kappa shape index (κ2) is 34.0. The molecule has 0 N–H and O–H groups in total. The van der Waals surface area contributed by atoms with Crippen LogP contribution in [0.15, 0.2) is 411 Å². The molecule has 0 amide bonds. The molecule has 0 saturated heterocycles. The summed E-state index contributed by atoms with van der Waals surface area (Å²) in [5, 5.41) is 2.83. The molecule has 4 aliphatic heterocycles. The van der Waals surface area contributed by atoms with Crippen LogP contribution in [0, 0.1) is 0 Å². The van der Waals surface area contributed by atoms with Gasteiger partial charge >= 0.3 is 361 Å². The topological polar surface area (TPSA) is 153 Å². The van der Waals surface area contributed by atoms with Gasteiger partial charge in [-0.3, -0.25) is 19.2 Å². The van der Waals surface area contributed by atoms with Crippen LogP contribution < -0.4 is 52.7 Å². The summed E-state index contributed by atoms with van der Waals surface area (Å²) in [4.78, 5) is 113. The molecule has 626 valence electrons. The average molecular weight is 1840 g/mol. The van der Waals surface area contributed by atoms with Crippen LogP contribution in [0.2, 0.25) is 13.1 Å². The molecule has 0 aromatic heterocycles. The number of para-hydroxylation sites is 10. The van der Waals surface area contributed by atoms with E-state index in [0.717, 1.165) is 67.8 Å². The number of ketones is 8. The van der Waals surface area contributed by atoms with E-state index in [2.05, 4.69) is 251 Å². The SMILES string of the molecule is CN1c2ccccc2N(c2ccc(C=C3C(=O)c4ccccc4C3=O)cc2)c2ccccc21.C[Si]1(C)c2ccccc2N(c2ccc(C=C3C(=O)c4ccccc4C3=O)cc2)c2ccccc21.O=C1C(=Cc2ccc(N3c4ccccc4[Se]c4ccccc43)cc2)C(=O)c2ccccc21.O=C1C(=Cc2ccc(N3c4ccccc4[Se]c4ccccc43)cc2)C(=O)c2ccccc21. The van der Waals surface area contributed by atoms with Crippen molar-refractivity contribution in [3.8, 4) is 0 Å². The Balaban J connectivity index is 0.000000106. The number of carbonyl (C=O) groups is 8. The van der Waals surface area contributed by atoms with Crippen LogP contribution in [0.1, 0.15) is 105 Å². The van der Waals surface area contributed by atoms with Gasteiger partial charge in [0.15, 0.2) is 23.1 Å². The van der Waals surface area contributed by atoms with Gasteiger partial charge in [0.25, 0.3) is 0 Å². The minimum absolute atomic E-state index is 0.198. The molecule has 0 fully saturated rings. The van der Waals surface area contributed by atoms with E-state index in [0.29, 0.717) is 44.5 Å². The quantitative estimate of drug-likeness (QED) is 0.0806. The van der Waals surface area contributed by atoms with Crippen LogP contribution in [0.25, 0.3) is 24.3 Å². The predicted molar refractivity (Wildman–Crippen MR) is 532 cm³/mol. The normalized spacial score (nSPS) is 14.5. The van der Waals surface area contributed by atoms with Crippen molar-refractivity contribution < 1.29 is 38.4 Å². The summed E-state index contributed by atoms with van der Waals surface area (Å²) in [5.74, 6) is -1.60. The van der Waals surface area contributed by atoms with Crippen molar-refractivity contribution in [2.45, 2.75) is 13.1 Å². The van der Waals surface area contributed by atoms with E-state index in [4.69, 9.17) is 0 Å². The average Bonchev–Trinajstić information content (AvgIpc) is 1.66. The fraction of sp³-hybridized carbons (Fsp3) is 0.0261. The van der Waals surface area contributed by atoms with Gasteiger partial charge in [0.1, 0.15) is 8.07 Å². The van der Waals surface area contributed by atoms with Gasteiger partial charge in [0, 0.05) is 52.1 Å². The molecule has 16 aromatic rings. The molecule has 4 heterocycles. The van der Waals surface area contributed by atoms with Gasteiger partial charge in [-0.15, -0.1) is 0 Å². The number of carbonyl (C=O) groups excluding carboxylic acids is 8. The monoisotopic (exact) mass is 1840 g/mol. The van der Waals surface area contributed by atoms with Crippen LogP contribution in [0.3, 0.4) is 0 Å². The van der Waals surface area contributed by atoms with Crippen molar-refractivity contribution in [3.05, 3.63) is 477 Å². The Morgan fingerprint density at radius 2 is 0.374 bits per heavy atom. The molecule has 4 aliphatic carbocycles. The molecule has 13 nitrogen and oxygen atoms in total. The van der Waals surface area contributed by atoms with Gasteiger partial charge in [-0.2, -0.15) is 0 Å². The second-order valence-corrected chi connectivity index (χ2v) is 41.9. The fourth-order valence-electron chi connectivity index (χ4n) is 18.5. The van der Waals surface area contributed by atoms with Gasteiger partial charge in [-0.25, -0.2) is 0 Å². The van der Waals surface area contributed by atoms with Crippen LogP contribution in [0.5, 0.6) is 0 Å². The summed E-state index contributed by atoms with van der Waals surface area (Å²) in [6.07, 6.45) is 6.81. The number of benzene rings is 16. The Morgan fingerprint density at radius 3 is 0.611 bits per heavy atom. The Labute approximate surface area is 770 Å². The van der Waals surface area contributed by atoms with Crippen molar-refractivity contribution in [2.75, 3.05) is 31.5 Å². The number of Topliss-reactive ketones (excluding diaryl/α,β-unsaturated/α-hetero) is 8. The summed E-state index contributed by atoms with van der Waals surface area (Å²) < 4.78 is 5.41. The Kier molecular flexibility index (Phi) is 21.3. The van der Waals surface area contributed by atoms with E-state index >= 15 is 0 Å². The molecule has 24 rings (SSSR count). The first-order valence-corrected chi connectivity index (χ1v) is 49.5. The number of fused-ring (bicyclic) bond motifs is 12. The zero-order chi connectivity index (χ0) is 89.3.